The average molecular weight is 363 g/mol. The maximum atomic E-state index is 11.8. The van der Waals surface area contributed by atoms with E-state index < -0.39 is 0 Å². The second kappa shape index (κ2) is 7.88. The number of H-pyrrole nitrogens is 1. The van der Waals surface area contributed by atoms with E-state index in [4.69, 9.17) is 0 Å². The van der Waals surface area contributed by atoms with Crippen molar-refractivity contribution in [2.24, 2.45) is 0 Å². The highest BCUT2D eigenvalue weighted by Crippen LogP contribution is 2.26. The van der Waals surface area contributed by atoms with Gasteiger partial charge in [-0.05, 0) is 43.5 Å². The lowest BCUT2D eigenvalue weighted by Gasteiger charge is -2.33. The van der Waals surface area contributed by atoms with Crippen molar-refractivity contribution in [2.75, 3.05) is 13.1 Å². The van der Waals surface area contributed by atoms with Crippen LogP contribution in [0.1, 0.15) is 41.4 Å². The number of aryl methyl sites for hydroxylation is 1. The molecule has 27 heavy (non-hydrogen) atoms. The van der Waals surface area contributed by atoms with Crippen LogP contribution < -0.4 is 5.56 Å². The Bertz CT molecular complexity index is 947. The molecule has 0 unspecified atom stereocenters. The second-order valence-electron chi connectivity index (χ2n) is 7.30. The molecule has 2 aromatic heterocycles. The fraction of sp³-hybridized carbons (Fsp3) is 0.381. The van der Waals surface area contributed by atoms with Crippen molar-refractivity contribution in [3.05, 3.63) is 81.8 Å². The molecule has 0 aliphatic carbocycles. The Labute approximate surface area is 158 Å². The number of hydrogen-bond donors (Lipinski definition) is 1. The van der Waals surface area contributed by atoms with Crippen LogP contribution in [-0.4, -0.2) is 37.7 Å². The SMILES string of the molecule is Cc1nc([C@H]2CCCN(Cc3ccccc3Cn3cccn3)C2)cc(=O)[nH]1. The summed E-state index contributed by atoms with van der Waals surface area (Å²) in [5.74, 6) is 1.01. The molecule has 0 bridgehead atoms. The standard InChI is InChI=1S/C21H25N5O/c1-16-23-20(12-21(27)24-16)19-8-4-10-25(14-19)13-17-6-2-3-7-18(17)15-26-11-5-9-22-26/h2-3,5-7,9,11-12,19H,4,8,10,13-15H2,1H3,(H,23,24,27)/t19-/m0/s1. The van der Waals surface area contributed by atoms with Crippen molar-refractivity contribution in [3.63, 3.8) is 0 Å². The number of nitrogens with zero attached hydrogens (tertiary/aromatic N) is 4. The van der Waals surface area contributed by atoms with E-state index in [0.29, 0.717) is 11.7 Å². The summed E-state index contributed by atoms with van der Waals surface area (Å²) in [5.41, 5.74) is 3.50. The Balaban J connectivity index is 1.49. The van der Waals surface area contributed by atoms with E-state index in [2.05, 4.69) is 44.2 Å². The van der Waals surface area contributed by atoms with Crippen LogP contribution in [0.4, 0.5) is 0 Å². The van der Waals surface area contributed by atoms with Gasteiger partial charge in [0.05, 0.1) is 12.2 Å². The Morgan fingerprint density at radius 3 is 2.74 bits per heavy atom. The number of rotatable bonds is 5. The number of aromatic nitrogens is 4. The van der Waals surface area contributed by atoms with Crippen LogP contribution >= 0.6 is 0 Å². The van der Waals surface area contributed by atoms with Gasteiger partial charge in [-0.25, -0.2) is 4.98 Å². The third-order valence-corrected chi connectivity index (χ3v) is 5.21. The Kier molecular flexibility index (Phi) is 5.16. The summed E-state index contributed by atoms with van der Waals surface area (Å²) in [4.78, 5) is 21.6. The fourth-order valence-corrected chi connectivity index (χ4v) is 3.93. The number of aromatic amines is 1. The fourth-order valence-electron chi connectivity index (χ4n) is 3.93. The van der Waals surface area contributed by atoms with Crippen molar-refractivity contribution >= 4 is 0 Å². The van der Waals surface area contributed by atoms with Crippen molar-refractivity contribution in [1.29, 1.82) is 0 Å². The van der Waals surface area contributed by atoms with Crippen LogP contribution in [0.15, 0.2) is 53.6 Å². The topological polar surface area (TPSA) is 66.8 Å². The summed E-state index contributed by atoms with van der Waals surface area (Å²) < 4.78 is 1.96. The van der Waals surface area contributed by atoms with E-state index in [1.807, 2.05) is 30.1 Å². The minimum absolute atomic E-state index is 0.0563. The number of hydrogen-bond acceptors (Lipinski definition) is 4. The summed E-state index contributed by atoms with van der Waals surface area (Å²) in [6.07, 6.45) is 6.02. The van der Waals surface area contributed by atoms with E-state index >= 15 is 0 Å². The molecule has 3 heterocycles. The third kappa shape index (κ3) is 4.34. The first kappa shape index (κ1) is 17.7. The van der Waals surface area contributed by atoms with Gasteiger partial charge in [0.25, 0.3) is 5.56 Å². The summed E-state index contributed by atoms with van der Waals surface area (Å²) in [6.45, 7) is 5.56. The molecule has 0 amide bonds. The van der Waals surface area contributed by atoms with E-state index in [-0.39, 0.29) is 5.56 Å². The Morgan fingerprint density at radius 2 is 2.00 bits per heavy atom. The van der Waals surface area contributed by atoms with Crippen molar-refractivity contribution < 1.29 is 0 Å². The van der Waals surface area contributed by atoms with Gasteiger partial charge in [-0.1, -0.05) is 24.3 Å². The zero-order chi connectivity index (χ0) is 18.6. The predicted octanol–water partition coefficient (Wildman–Crippen LogP) is 2.70. The van der Waals surface area contributed by atoms with Crippen LogP contribution in [-0.2, 0) is 13.1 Å². The smallest absolute Gasteiger partial charge is 0.251 e. The van der Waals surface area contributed by atoms with Gasteiger partial charge in [-0.3, -0.25) is 14.4 Å². The monoisotopic (exact) mass is 363 g/mol. The molecule has 1 aromatic carbocycles. The minimum Gasteiger partial charge on any atom is -0.311 e. The van der Waals surface area contributed by atoms with Crippen molar-refractivity contribution in [1.82, 2.24) is 24.6 Å². The molecule has 1 atom stereocenters. The highest BCUT2D eigenvalue weighted by molar-refractivity contribution is 5.27. The molecule has 140 valence electrons. The van der Waals surface area contributed by atoms with Gasteiger partial charge in [-0.2, -0.15) is 5.10 Å². The molecule has 1 saturated heterocycles. The van der Waals surface area contributed by atoms with Crippen LogP contribution in [0.5, 0.6) is 0 Å². The van der Waals surface area contributed by atoms with Crippen molar-refractivity contribution in [3.8, 4) is 0 Å². The van der Waals surface area contributed by atoms with Gasteiger partial charge in [0.2, 0.25) is 0 Å². The molecular formula is C21H25N5O. The minimum atomic E-state index is -0.0563. The molecule has 6 nitrogen and oxygen atoms in total. The van der Waals surface area contributed by atoms with Gasteiger partial charge in [0, 0.05) is 37.5 Å². The lowest BCUT2D eigenvalue weighted by atomic mass is 9.93. The van der Waals surface area contributed by atoms with Crippen LogP contribution in [0.25, 0.3) is 0 Å². The quantitative estimate of drug-likeness (QED) is 0.757. The predicted molar refractivity (Wildman–Crippen MR) is 105 cm³/mol. The van der Waals surface area contributed by atoms with Crippen LogP contribution in [0, 0.1) is 6.92 Å². The maximum Gasteiger partial charge on any atom is 0.251 e. The molecule has 1 fully saturated rings. The van der Waals surface area contributed by atoms with Gasteiger partial charge in [0.1, 0.15) is 5.82 Å². The molecular weight excluding hydrogens is 338 g/mol. The Hall–Kier alpha value is -2.73. The average Bonchev–Trinajstić information content (AvgIpc) is 3.16. The largest absolute Gasteiger partial charge is 0.311 e. The van der Waals surface area contributed by atoms with Crippen molar-refractivity contribution in [2.45, 2.75) is 38.8 Å². The zero-order valence-corrected chi connectivity index (χ0v) is 15.6. The van der Waals surface area contributed by atoms with E-state index in [0.717, 1.165) is 44.7 Å². The summed E-state index contributed by atoms with van der Waals surface area (Å²) in [6, 6.07) is 12.2. The molecule has 0 spiro atoms. The molecule has 0 saturated carbocycles. The number of likely N-dealkylation sites (tertiary alicyclic amines) is 1. The first-order valence-electron chi connectivity index (χ1n) is 9.52. The molecule has 4 rings (SSSR count). The van der Waals surface area contributed by atoms with Gasteiger partial charge in [-0.15, -0.1) is 0 Å². The first-order valence-corrected chi connectivity index (χ1v) is 9.52. The molecule has 1 aliphatic heterocycles. The number of benzene rings is 1. The molecule has 1 aliphatic rings. The second-order valence-corrected chi connectivity index (χ2v) is 7.30. The lowest BCUT2D eigenvalue weighted by Crippen LogP contribution is -2.35. The first-order chi connectivity index (χ1) is 13.2. The third-order valence-electron chi connectivity index (χ3n) is 5.21. The highest BCUT2D eigenvalue weighted by Gasteiger charge is 2.23. The lowest BCUT2D eigenvalue weighted by molar-refractivity contribution is 0.197. The summed E-state index contributed by atoms with van der Waals surface area (Å²) in [7, 11) is 0. The molecule has 3 aromatic rings. The van der Waals surface area contributed by atoms with E-state index in [1.165, 1.54) is 11.1 Å². The van der Waals surface area contributed by atoms with E-state index in [9.17, 15) is 4.79 Å². The van der Waals surface area contributed by atoms with Crippen LogP contribution in [0.2, 0.25) is 0 Å². The van der Waals surface area contributed by atoms with Gasteiger partial charge in [0.15, 0.2) is 0 Å². The molecule has 1 N–H and O–H groups in total. The maximum absolute atomic E-state index is 11.8. The number of piperidine rings is 1. The zero-order valence-electron chi connectivity index (χ0n) is 15.6. The van der Waals surface area contributed by atoms with Gasteiger partial charge >= 0.3 is 0 Å². The van der Waals surface area contributed by atoms with E-state index in [1.54, 1.807) is 6.07 Å². The van der Waals surface area contributed by atoms with Gasteiger partial charge < -0.3 is 4.98 Å². The number of nitrogens with one attached hydrogen (secondary N) is 1. The summed E-state index contributed by atoms with van der Waals surface area (Å²) in [5, 5.41) is 4.33. The normalized spacial score (nSPS) is 17.9. The highest BCUT2D eigenvalue weighted by atomic mass is 16.1. The summed E-state index contributed by atoms with van der Waals surface area (Å²) >= 11 is 0. The van der Waals surface area contributed by atoms with Crippen LogP contribution in [0.3, 0.4) is 0 Å². The Morgan fingerprint density at radius 1 is 1.19 bits per heavy atom. The molecule has 6 heteroatoms. The molecule has 0 radical (unpaired) electrons.